The van der Waals surface area contributed by atoms with Gasteiger partial charge < -0.3 is 9.47 Å². The van der Waals surface area contributed by atoms with Gasteiger partial charge in [0.2, 0.25) is 0 Å². The van der Waals surface area contributed by atoms with Crippen LogP contribution >= 0.6 is 0 Å². The largest absolute Gasteiger partial charge is 0.374 e. The van der Waals surface area contributed by atoms with E-state index in [9.17, 15) is 5.26 Å². The van der Waals surface area contributed by atoms with Crippen LogP contribution < -0.4 is 0 Å². The van der Waals surface area contributed by atoms with Crippen LogP contribution in [0.15, 0.2) is 48.8 Å². The number of benzene rings is 1. The molecule has 6 heteroatoms. The van der Waals surface area contributed by atoms with Gasteiger partial charge >= 0.3 is 0 Å². The molecule has 1 fully saturated rings. The molecule has 0 aliphatic carbocycles. The van der Waals surface area contributed by atoms with Crippen molar-refractivity contribution >= 4 is 5.52 Å². The fourth-order valence-electron chi connectivity index (χ4n) is 3.46. The van der Waals surface area contributed by atoms with Crippen molar-refractivity contribution in [3.63, 3.8) is 0 Å². The van der Waals surface area contributed by atoms with Crippen LogP contribution in [0.25, 0.3) is 5.52 Å². The Morgan fingerprint density at radius 2 is 2.15 bits per heavy atom. The lowest BCUT2D eigenvalue weighted by Gasteiger charge is -2.21. The number of fused-ring (bicyclic) bond motifs is 1. The van der Waals surface area contributed by atoms with Gasteiger partial charge in [0.05, 0.1) is 36.2 Å². The monoisotopic (exact) mass is 348 g/mol. The summed E-state index contributed by atoms with van der Waals surface area (Å²) in [6, 6.07) is 16.3. The van der Waals surface area contributed by atoms with E-state index in [0.29, 0.717) is 19.6 Å². The van der Waals surface area contributed by atoms with E-state index in [-0.39, 0.29) is 6.10 Å². The zero-order chi connectivity index (χ0) is 18.0. The van der Waals surface area contributed by atoms with E-state index in [2.05, 4.69) is 16.2 Å². The molecule has 3 aromatic rings. The van der Waals surface area contributed by atoms with Crippen molar-refractivity contribution in [3.05, 3.63) is 65.7 Å². The van der Waals surface area contributed by atoms with Gasteiger partial charge in [0.25, 0.3) is 0 Å². The lowest BCUT2D eigenvalue weighted by atomic mass is 9.98. The van der Waals surface area contributed by atoms with Crippen LogP contribution in [0.5, 0.6) is 0 Å². The van der Waals surface area contributed by atoms with Crippen molar-refractivity contribution in [2.75, 3.05) is 6.61 Å². The molecule has 2 unspecified atom stereocenters. The molecule has 2 aromatic heterocycles. The smallest absolute Gasteiger partial charge is 0.196 e. The number of hydrogen-bond donors (Lipinski definition) is 0. The summed E-state index contributed by atoms with van der Waals surface area (Å²) >= 11 is 0. The number of nitrogens with zero attached hydrogens (tertiary/aromatic N) is 4. The molecular formula is C20H20N4O2. The molecule has 4 rings (SSSR count). The summed E-state index contributed by atoms with van der Waals surface area (Å²) in [7, 11) is 0. The summed E-state index contributed by atoms with van der Waals surface area (Å²) < 4.78 is 13.7. The first kappa shape index (κ1) is 16.7. The van der Waals surface area contributed by atoms with Gasteiger partial charge in [-0.1, -0.05) is 30.3 Å². The maximum absolute atomic E-state index is 9.87. The molecule has 26 heavy (non-hydrogen) atoms. The predicted octanol–water partition coefficient (Wildman–Crippen LogP) is 3.15. The highest BCUT2D eigenvalue weighted by atomic mass is 16.6. The molecule has 1 saturated heterocycles. The van der Waals surface area contributed by atoms with Gasteiger partial charge in [-0.25, -0.2) is 9.50 Å². The molecule has 132 valence electrons. The van der Waals surface area contributed by atoms with E-state index >= 15 is 0 Å². The molecule has 1 aliphatic rings. The SMILES string of the molecule is Cc1ncnn2c(C3(C#N)CCC(COCc4ccccc4)O3)ccc12. The third-order valence-electron chi connectivity index (χ3n) is 4.84. The van der Waals surface area contributed by atoms with Crippen LogP contribution in [0.2, 0.25) is 0 Å². The lowest BCUT2D eigenvalue weighted by Crippen LogP contribution is -2.28. The first-order chi connectivity index (χ1) is 12.7. The van der Waals surface area contributed by atoms with Gasteiger partial charge in [-0.15, -0.1) is 0 Å². The Hall–Kier alpha value is -2.75. The predicted molar refractivity (Wildman–Crippen MR) is 95.2 cm³/mol. The summed E-state index contributed by atoms with van der Waals surface area (Å²) in [5.74, 6) is 0. The van der Waals surface area contributed by atoms with E-state index in [1.165, 1.54) is 6.33 Å². The van der Waals surface area contributed by atoms with Gasteiger partial charge in [-0.3, -0.25) is 0 Å². The second-order valence-corrected chi connectivity index (χ2v) is 6.58. The third-order valence-corrected chi connectivity index (χ3v) is 4.84. The maximum Gasteiger partial charge on any atom is 0.196 e. The van der Waals surface area contributed by atoms with E-state index in [0.717, 1.165) is 28.9 Å². The van der Waals surface area contributed by atoms with Gasteiger partial charge in [-0.2, -0.15) is 10.4 Å². The Labute approximate surface area is 152 Å². The number of ether oxygens (including phenoxy) is 2. The average molecular weight is 348 g/mol. The quantitative estimate of drug-likeness (QED) is 0.708. The zero-order valence-corrected chi connectivity index (χ0v) is 14.6. The van der Waals surface area contributed by atoms with Crippen molar-refractivity contribution in [3.8, 4) is 6.07 Å². The summed E-state index contributed by atoms with van der Waals surface area (Å²) in [4.78, 5) is 4.20. The van der Waals surface area contributed by atoms with Crippen LogP contribution in [0.1, 0.15) is 29.8 Å². The second kappa shape index (κ2) is 6.87. The van der Waals surface area contributed by atoms with Crippen LogP contribution in [0, 0.1) is 18.3 Å². The molecule has 1 aromatic carbocycles. The molecule has 1 aliphatic heterocycles. The fraction of sp³-hybridized carbons (Fsp3) is 0.350. The van der Waals surface area contributed by atoms with Crippen LogP contribution in [0.4, 0.5) is 0 Å². The number of rotatable bonds is 5. The first-order valence-electron chi connectivity index (χ1n) is 8.72. The third kappa shape index (κ3) is 2.96. The Morgan fingerprint density at radius 3 is 2.96 bits per heavy atom. The van der Waals surface area contributed by atoms with E-state index < -0.39 is 5.60 Å². The number of hydrogen-bond acceptors (Lipinski definition) is 5. The molecule has 3 heterocycles. The van der Waals surface area contributed by atoms with Gasteiger partial charge in [-0.05, 0) is 37.5 Å². The molecule has 0 amide bonds. The molecule has 0 N–H and O–H groups in total. The number of aryl methyl sites for hydroxylation is 1. The van der Waals surface area contributed by atoms with Crippen molar-refractivity contribution in [2.45, 2.75) is 38.1 Å². The number of nitriles is 1. The topological polar surface area (TPSA) is 72.4 Å². The fourth-order valence-corrected chi connectivity index (χ4v) is 3.46. The van der Waals surface area contributed by atoms with Crippen molar-refractivity contribution in [1.82, 2.24) is 14.6 Å². The maximum atomic E-state index is 9.87. The molecule has 0 bridgehead atoms. The Morgan fingerprint density at radius 1 is 1.31 bits per heavy atom. The lowest BCUT2D eigenvalue weighted by molar-refractivity contribution is -0.0528. The highest BCUT2D eigenvalue weighted by molar-refractivity contribution is 5.53. The highest BCUT2D eigenvalue weighted by Gasteiger charge is 2.44. The summed E-state index contributed by atoms with van der Waals surface area (Å²) in [6.45, 7) is 2.94. The van der Waals surface area contributed by atoms with Gasteiger partial charge in [0, 0.05) is 0 Å². The summed E-state index contributed by atoms with van der Waals surface area (Å²) in [5, 5.41) is 14.2. The second-order valence-electron chi connectivity index (χ2n) is 6.58. The van der Waals surface area contributed by atoms with E-state index in [1.54, 1.807) is 4.52 Å². The number of aromatic nitrogens is 3. The standard InChI is InChI=1S/C20H20N4O2/c1-15-18-7-8-19(24(18)23-14-22-15)20(13-21)10-9-17(26-20)12-25-11-16-5-3-2-4-6-16/h2-8,14,17H,9-12H2,1H3. The molecule has 6 nitrogen and oxygen atoms in total. The minimum Gasteiger partial charge on any atom is -0.374 e. The first-order valence-corrected chi connectivity index (χ1v) is 8.72. The minimum absolute atomic E-state index is 0.105. The van der Waals surface area contributed by atoms with E-state index in [1.807, 2.05) is 49.4 Å². The van der Waals surface area contributed by atoms with Gasteiger partial charge in [0.1, 0.15) is 12.4 Å². The normalized spacial score (nSPS) is 22.5. The molecular weight excluding hydrogens is 328 g/mol. The molecule has 0 saturated carbocycles. The minimum atomic E-state index is -0.992. The highest BCUT2D eigenvalue weighted by Crippen LogP contribution is 2.39. The van der Waals surface area contributed by atoms with E-state index in [4.69, 9.17) is 9.47 Å². The Balaban J connectivity index is 1.48. The molecule has 0 radical (unpaired) electrons. The van der Waals surface area contributed by atoms with Crippen molar-refractivity contribution in [1.29, 1.82) is 5.26 Å². The zero-order valence-electron chi connectivity index (χ0n) is 14.6. The van der Waals surface area contributed by atoms with Gasteiger partial charge in [0.15, 0.2) is 5.60 Å². The van der Waals surface area contributed by atoms with Crippen LogP contribution in [0.3, 0.4) is 0 Å². The van der Waals surface area contributed by atoms with Crippen LogP contribution in [-0.2, 0) is 21.7 Å². The molecule has 0 spiro atoms. The summed E-state index contributed by atoms with van der Waals surface area (Å²) in [5.41, 5.74) is 2.66. The Kier molecular flexibility index (Phi) is 4.41. The van der Waals surface area contributed by atoms with Crippen molar-refractivity contribution < 1.29 is 9.47 Å². The molecule has 2 atom stereocenters. The summed E-state index contributed by atoms with van der Waals surface area (Å²) in [6.07, 6.45) is 2.80. The average Bonchev–Trinajstić information content (AvgIpc) is 3.28. The van der Waals surface area contributed by atoms with Crippen LogP contribution in [-0.4, -0.2) is 27.3 Å². The van der Waals surface area contributed by atoms with Crippen molar-refractivity contribution in [2.24, 2.45) is 0 Å². The Bertz CT molecular complexity index is 947.